The molecule has 0 saturated carbocycles. The largest absolute Gasteiger partial charge is 0.378 e. The van der Waals surface area contributed by atoms with Crippen LogP contribution in [0.2, 0.25) is 0 Å². The van der Waals surface area contributed by atoms with Crippen molar-refractivity contribution < 1.29 is 4.74 Å². The van der Waals surface area contributed by atoms with E-state index >= 15 is 0 Å². The van der Waals surface area contributed by atoms with Crippen molar-refractivity contribution in [2.45, 2.75) is 0 Å². The molecule has 1 rings (SSSR count). The van der Waals surface area contributed by atoms with Gasteiger partial charge in [-0.2, -0.15) is 0 Å². The van der Waals surface area contributed by atoms with Crippen LogP contribution in [-0.4, -0.2) is 18.7 Å². The van der Waals surface area contributed by atoms with Gasteiger partial charge >= 0.3 is 0 Å². The minimum Gasteiger partial charge on any atom is -0.378 e. The van der Waals surface area contributed by atoms with Gasteiger partial charge in [0.1, 0.15) is 4.99 Å². The van der Waals surface area contributed by atoms with Gasteiger partial charge in [-0.05, 0) is 12.1 Å². The van der Waals surface area contributed by atoms with Crippen LogP contribution in [-0.2, 0) is 4.74 Å². The van der Waals surface area contributed by atoms with E-state index < -0.39 is 0 Å². The Hall–Kier alpha value is -0.930. The Labute approximate surface area is 77.5 Å². The zero-order chi connectivity index (χ0) is 8.81. The molecule has 64 valence electrons. The Bertz CT molecular complexity index is 248. The lowest BCUT2D eigenvalue weighted by Crippen LogP contribution is -2.14. The van der Waals surface area contributed by atoms with Crippen molar-refractivity contribution in [3.05, 3.63) is 30.3 Å². The lowest BCUT2D eigenvalue weighted by molar-refractivity contribution is 0.247. The lowest BCUT2D eigenvalue weighted by atomic mass is 10.3. The van der Waals surface area contributed by atoms with Crippen molar-refractivity contribution in [3.8, 4) is 0 Å². The standard InChI is InChI=1S/C9H11NOS/c1-11-7-9(12)10-8-5-3-2-4-6-8/h2-6H,7H2,1H3,(H,10,12). The second kappa shape index (κ2) is 4.85. The molecule has 0 fully saturated rings. The van der Waals surface area contributed by atoms with Crippen LogP contribution in [0.25, 0.3) is 0 Å². The fourth-order valence-corrected chi connectivity index (χ4v) is 1.09. The fraction of sp³-hybridized carbons (Fsp3) is 0.222. The third kappa shape index (κ3) is 2.98. The molecule has 12 heavy (non-hydrogen) atoms. The third-order valence-electron chi connectivity index (χ3n) is 1.33. The van der Waals surface area contributed by atoms with E-state index in [1.165, 1.54) is 0 Å². The van der Waals surface area contributed by atoms with Crippen LogP contribution < -0.4 is 5.32 Å². The predicted octanol–water partition coefficient (Wildman–Crippen LogP) is 2.07. The second-order valence-electron chi connectivity index (χ2n) is 2.35. The monoisotopic (exact) mass is 181 g/mol. The highest BCUT2D eigenvalue weighted by Crippen LogP contribution is 2.04. The smallest absolute Gasteiger partial charge is 0.106 e. The molecule has 0 unspecified atom stereocenters. The first-order valence-electron chi connectivity index (χ1n) is 3.67. The third-order valence-corrected chi connectivity index (χ3v) is 1.55. The maximum atomic E-state index is 5.00. The topological polar surface area (TPSA) is 21.3 Å². The zero-order valence-corrected chi connectivity index (χ0v) is 7.73. The fourth-order valence-electron chi connectivity index (χ4n) is 0.850. The van der Waals surface area contributed by atoms with Gasteiger partial charge in [-0.15, -0.1) is 0 Å². The predicted molar refractivity (Wildman–Crippen MR) is 54.5 cm³/mol. The van der Waals surface area contributed by atoms with Gasteiger partial charge in [-0.25, -0.2) is 0 Å². The van der Waals surface area contributed by atoms with Gasteiger partial charge in [0.25, 0.3) is 0 Å². The molecule has 3 heteroatoms. The van der Waals surface area contributed by atoms with Crippen LogP contribution in [0.3, 0.4) is 0 Å². The lowest BCUT2D eigenvalue weighted by Gasteiger charge is -2.05. The molecule has 1 aromatic rings. The molecule has 0 bridgehead atoms. The van der Waals surface area contributed by atoms with Crippen molar-refractivity contribution >= 4 is 22.9 Å². The SMILES string of the molecule is COCC(=S)Nc1ccccc1. The van der Waals surface area contributed by atoms with Crippen LogP contribution in [0.5, 0.6) is 0 Å². The maximum absolute atomic E-state index is 5.00. The van der Waals surface area contributed by atoms with E-state index in [1.54, 1.807) is 7.11 Å². The van der Waals surface area contributed by atoms with Gasteiger partial charge in [-0.3, -0.25) is 0 Å². The molecule has 0 atom stereocenters. The van der Waals surface area contributed by atoms with Gasteiger partial charge in [0.05, 0.1) is 6.61 Å². The first-order valence-corrected chi connectivity index (χ1v) is 4.07. The number of thiocarbonyl (C=S) groups is 1. The van der Waals surface area contributed by atoms with Crippen molar-refractivity contribution in [2.24, 2.45) is 0 Å². The summed E-state index contributed by atoms with van der Waals surface area (Å²) >= 11 is 5.00. The van der Waals surface area contributed by atoms with Crippen molar-refractivity contribution in [1.29, 1.82) is 0 Å². The normalized spacial score (nSPS) is 9.42. The van der Waals surface area contributed by atoms with E-state index in [0.717, 1.165) is 5.69 Å². The number of nitrogens with one attached hydrogen (secondary N) is 1. The van der Waals surface area contributed by atoms with E-state index in [0.29, 0.717) is 11.6 Å². The molecular weight excluding hydrogens is 170 g/mol. The summed E-state index contributed by atoms with van der Waals surface area (Å²) in [5.41, 5.74) is 1.000. The zero-order valence-electron chi connectivity index (χ0n) is 6.91. The summed E-state index contributed by atoms with van der Waals surface area (Å²) in [6.45, 7) is 0.463. The number of anilines is 1. The molecule has 0 saturated heterocycles. The molecule has 1 N–H and O–H groups in total. The molecule has 0 aliphatic rings. The van der Waals surface area contributed by atoms with E-state index in [4.69, 9.17) is 17.0 Å². The van der Waals surface area contributed by atoms with Crippen molar-refractivity contribution in [2.75, 3.05) is 19.0 Å². The number of benzene rings is 1. The quantitative estimate of drug-likeness (QED) is 0.721. The van der Waals surface area contributed by atoms with Crippen LogP contribution in [0.4, 0.5) is 5.69 Å². The number of hydrogen-bond acceptors (Lipinski definition) is 2. The highest BCUT2D eigenvalue weighted by molar-refractivity contribution is 7.80. The first-order chi connectivity index (χ1) is 5.83. The Morgan fingerprint density at radius 2 is 2.08 bits per heavy atom. The number of methoxy groups -OCH3 is 1. The highest BCUT2D eigenvalue weighted by Gasteiger charge is 1.94. The molecule has 0 spiro atoms. The Morgan fingerprint density at radius 1 is 1.42 bits per heavy atom. The summed E-state index contributed by atoms with van der Waals surface area (Å²) in [5, 5.41) is 3.05. The summed E-state index contributed by atoms with van der Waals surface area (Å²) < 4.78 is 4.87. The van der Waals surface area contributed by atoms with Gasteiger partial charge < -0.3 is 10.1 Å². The molecule has 2 nitrogen and oxygen atoms in total. The van der Waals surface area contributed by atoms with E-state index in [-0.39, 0.29) is 0 Å². The summed E-state index contributed by atoms with van der Waals surface area (Å²) in [7, 11) is 1.62. The number of ether oxygens (including phenoxy) is 1. The number of hydrogen-bond donors (Lipinski definition) is 1. The van der Waals surface area contributed by atoms with E-state index in [2.05, 4.69) is 5.32 Å². The Balaban J connectivity index is 2.47. The Morgan fingerprint density at radius 3 is 2.67 bits per heavy atom. The Kier molecular flexibility index (Phi) is 3.70. The van der Waals surface area contributed by atoms with Crippen LogP contribution in [0, 0.1) is 0 Å². The van der Waals surface area contributed by atoms with Crippen LogP contribution in [0.1, 0.15) is 0 Å². The van der Waals surface area contributed by atoms with E-state index in [9.17, 15) is 0 Å². The van der Waals surface area contributed by atoms with Gasteiger partial charge in [0.2, 0.25) is 0 Å². The van der Waals surface area contributed by atoms with Gasteiger partial charge in [0, 0.05) is 12.8 Å². The molecule has 0 heterocycles. The number of rotatable bonds is 3. The number of para-hydroxylation sites is 1. The molecule has 0 aliphatic carbocycles. The van der Waals surface area contributed by atoms with E-state index in [1.807, 2.05) is 30.3 Å². The average Bonchev–Trinajstić information content (AvgIpc) is 2.06. The molecule has 1 aromatic carbocycles. The van der Waals surface area contributed by atoms with Gasteiger partial charge in [-0.1, -0.05) is 30.4 Å². The summed E-state index contributed by atoms with van der Waals surface area (Å²) in [6, 6.07) is 9.80. The van der Waals surface area contributed by atoms with Crippen molar-refractivity contribution in [3.63, 3.8) is 0 Å². The summed E-state index contributed by atoms with van der Waals surface area (Å²) in [6.07, 6.45) is 0. The molecule has 0 amide bonds. The second-order valence-corrected chi connectivity index (χ2v) is 2.84. The summed E-state index contributed by atoms with van der Waals surface area (Å²) in [4.78, 5) is 0.698. The minimum absolute atomic E-state index is 0.463. The minimum atomic E-state index is 0.463. The molecule has 0 aliphatic heterocycles. The first kappa shape index (κ1) is 9.16. The molecular formula is C9H11NOS. The van der Waals surface area contributed by atoms with Crippen LogP contribution >= 0.6 is 12.2 Å². The molecule has 0 radical (unpaired) electrons. The van der Waals surface area contributed by atoms with Crippen molar-refractivity contribution in [1.82, 2.24) is 0 Å². The average molecular weight is 181 g/mol. The molecule has 0 aromatic heterocycles. The summed E-state index contributed by atoms with van der Waals surface area (Å²) in [5.74, 6) is 0. The highest BCUT2D eigenvalue weighted by atomic mass is 32.1. The maximum Gasteiger partial charge on any atom is 0.106 e. The van der Waals surface area contributed by atoms with Crippen LogP contribution in [0.15, 0.2) is 30.3 Å². The van der Waals surface area contributed by atoms with Gasteiger partial charge in [0.15, 0.2) is 0 Å².